The molecule has 0 radical (unpaired) electrons. The van der Waals surface area contributed by atoms with E-state index in [0.717, 1.165) is 24.9 Å². The zero-order valence-corrected chi connectivity index (χ0v) is 9.95. The van der Waals surface area contributed by atoms with Crippen molar-refractivity contribution < 1.29 is 0 Å². The van der Waals surface area contributed by atoms with Crippen LogP contribution in [-0.2, 0) is 0 Å². The van der Waals surface area contributed by atoms with Crippen LogP contribution >= 0.6 is 11.6 Å². The van der Waals surface area contributed by atoms with Gasteiger partial charge in [0, 0.05) is 11.6 Å². The predicted molar refractivity (Wildman–Crippen MR) is 63.6 cm³/mol. The normalized spacial score (nSPS) is 27.6. The molecule has 0 bridgehead atoms. The fourth-order valence-electron chi connectivity index (χ4n) is 2.35. The highest BCUT2D eigenvalue weighted by Crippen LogP contribution is 2.30. The molecule has 0 heterocycles. The van der Waals surface area contributed by atoms with E-state index in [4.69, 9.17) is 11.6 Å². The molecular weight excluding hydrogens is 194 g/mol. The van der Waals surface area contributed by atoms with Gasteiger partial charge in [-0.05, 0) is 31.2 Å². The summed E-state index contributed by atoms with van der Waals surface area (Å²) in [7, 11) is 0. The molecule has 2 unspecified atom stereocenters. The lowest BCUT2D eigenvalue weighted by Crippen LogP contribution is -2.22. The van der Waals surface area contributed by atoms with E-state index in [1.807, 2.05) is 0 Å². The molecule has 0 aromatic heterocycles. The van der Waals surface area contributed by atoms with Gasteiger partial charge in [-0.15, -0.1) is 0 Å². The predicted octanol–water partition coefficient (Wildman–Crippen LogP) is 3.54. The van der Waals surface area contributed by atoms with E-state index < -0.39 is 0 Å². The molecule has 2 atom stereocenters. The van der Waals surface area contributed by atoms with Crippen molar-refractivity contribution in [1.29, 1.82) is 0 Å². The van der Waals surface area contributed by atoms with Gasteiger partial charge < -0.3 is 5.32 Å². The largest absolute Gasteiger partial charge is 0.312 e. The molecule has 1 fully saturated rings. The Hall–Kier alpha value is -0.0100. The highest BCUT2D eigenvalue weighted by atomic mass is 35.5. The van der Waals surface area contributed by atoms with Gasteiger partial charge in [-0.25, -0.2) is 0 Å². The maximum absolute atomic E-state index is 5.67. The fraction of sp³-hybridized carbons (Fsp3) is 0.833. The lowest BCUT2D eigenvalue weighted by Gasteiger charge is -2.26. The van der Waals surface area contributed by atoms with Gasteiger partial charge in [0.25, 0.3) is 0 Å². The van der Waals surface area contributed by atoms with Crippen molar-refractivity contribution >= 4 is 11.6 Å². The van der Waals surface area contributed by atoms with Crippen molar-refractivity contribution in [3.05, 3.63) is 11.6 Å². The highest BCUT2D eigenvalue weighted by Gasteiger charge is 2.17. The zero-order chi connectivity index (χ0) is 10.4. The van der Waals surface area contributed by atoms with Gasteiger partial charge in [0.1, 0.15) is 0 Å². The first-order valence-corrected chi connectivity index (χ1v) is 6.10. The minimum absolute atomic E-state index is 0.710. The molecule has 0 spiro atoms. The second kappa shape index (κ2) is 6.47. The summed E-state index contributed by atoms with van der Waals surface area (Å²) in [4.78, 5) is 0. The van der Waals surface area contributed by atoms with Crippen molar-refractivity contribution in [1.82, 2.24) is 5.32 Å². The molecule has 0 aromatic carbocycles. The summed E-state index contributed by atoms with van der Waals surface area (Å²) in [5, 5.41) is 4.03. The van der Waals surface area contributed by atoms with Crippen molar-refractivity contribution in [2.75, 3.05) is 13.1 Å². The Labute approximate surface area is 92.9 Å². The van der Waals surface area contributed by atoms with Crippen LogP contribution < -0.4 is 5.32 Å². The summed E-state index contributed by atoms with van der Waals surface area (Å²) < 4.78 is 0. The maximum atomic E-state index is 5.67. The Morgan fingerprint density at radius 2 is 2.29 bits per heavy atom. The van der Waals surface area contributed by atoms with E-state index in [2.05, 4.69) is 18.8 Å². The molecule has 0 aliphatic heterocycles. The quantitative estimate of drug-likeness (QED) is 0.692. The Balaban J connectivity index is 2.03. The molecule has 1 saturated carbocycles. The molecular formula is C12H22ClN. The van der Waals surface area contributed by atoms with Crippen LogP contribution in [0.3, 0.4) is 0 Å². The first kappa shape index (κ1) is 12.1. The average molecular weight is 216 g/mol. The van der Waals surface area contributed by atoms with E-state index in [1.165, 1.54) is 32.1 Å². The topological polar surface area (TPSA) is 12.0 Å². The number of halogens is 1. The minimum Gasteiger partial charge on any atom is -0.312 e. The van der Waals surface area contributed by atoms with Crippen LogP contribution in [0.1, 0.15) is 39.0 Å². The number of rotatable bonds is 5. The van der Waals surface area contributed by atoms with Crippen LogP contribution in [0.4, 0.5) is 0 Å². The van der Waals surface area contributed by atoms with E-state index in [1.54, 1.807) is 0 Å². The molecule has 0 aromatic rings. The summed E-state index contributed by atoms with van der Waals surface area (Å²) in [5.74, 6) is 1.88. The van der Waals surface area contributed by atoms with Crippen LogP contribution in [0.2, 0.25) is 0 Å². The first-order chi connectivity index (χ1) is 6.68. The second-order valence-electron chi connectivity index (χ2n) is 4.62. The van der Waals surface area contributed by atoms with E-state index in [-0.39, 0.29) is 0 Å². The lowest BCUT2D eigenvalue weighted by atomic mass is 9.81. The second-order valence-corrected chi connectivity index (χ2v) is 5.16. The maximum Gasteiger partial charge on any atom is 0.0307 e. The van der Waals surface area contributed by atoms with Crippen molar-refractivity contribution in [3.8, 4) is 0 Å². The third-order valence-corrected chi connectivity index (χ3v) is 3.22. The molecule has 14 heavy (non-hydrogen) atoms. The fourth-order valence-corrected chi connectivity index (χ4v) is 2.45. The van der Waals surface area contributed by atoms with Gasteiger partial charge in [0.05, 0.1) is 0 Å². The summed E-state index contributed by atoms with van der Waals surface area (Å²) in [6.07, 6.45) is 7.00. The van der Waals surface area contributed by atoms with Gasteiger partial charge in [0.2, 0.25) is 0 Å². The molecule has 1 aliphatic rings. The van der Waals surface area contributed by atoms with Gasteiger partial charge in [-0.1, -0.05) is 44.4 Å². The summed E-state index contributed by atoms with van der Waals surface area (Å²) >= 11 is 5.67. The van der Waals surface area contributed by atoms with E-state index in [9.17, 15) is 0 Å². The Morgan fingerprint density at radius 1 is 1.50 bits per heavy atom. The van der Waals surface area contributed by atoms with Crippen LogP contribution in [0.25, 0.3) is 0 Å². The SMILES string of the molecule is C=C(Cl)CNCCC1CCCC(C)C1. The molecule has 1 rings (SSSR count). The molecule has 1 aliphatic carbocycles. The van der Waals surface area contributed by atoms with Crippen molar-refractivity contribution in [2.45, 2.75) is 39.0 Å². The minimum atomic E-state index is 0.710. The first-order valence-electron chi connectivity index (χ1n) is 5.72. The molecule has 2 heteroatoms. The summed E-state index contributed by atoms with van der Waals surface area (Å²) in [6, 6.07) is 0. The smallest absolute Gasteiger partial charge is 0.0307 e. The summed E-state index contributed by atoms with van der Waals surface area (Å²) in [5.41, 5.74) is 0. The number of hydrogen-bond donors (Lipinski definition) is 1. The van der Waals surface area contributed by atoms with Crippen molar-refractivity contribution in [3.63, 3.8) is 0 Å². The average Bonchev–Trinajstić information content (AvgIpc) is 2.12. The zero-order valence-electron chi connectivity index (χ0n) is 9.19. The van der Waals surface area contributed by atoms with Gasteiger partial charge >= 0.3 is 0 Å². The van der Waals surface area contributed by atoms with Gasteiger partial charge in [0.15, 0.2) is 0 Å². The number of nitrogens with one attached hydrogen (secondary N) is 1. The van der Waals surface area contributed by atoms with Crippen LogP contribution in [0.5, 0.6) is 0 Å². The Bertz CT molecular complexity index is 179. The Kier molecular flexibility index (Phi) is 5.57. The highest BCUT2D eigenvalue weighted by molar-refractivity contribution is 6.29. The molecule has 82 valence electrons. The van der Waals surface area contributed by atoms with Crippen LogP contribution in [0, 0.1) is 11.8 Å². The third-order valence-electron chi connectivity index (χ3n) is 3.09. The molecule has 0 amide bonds. The Morgan fingerprint density at radius 3 is 2.93 bits per heavy atom. The molecule has 1 N–H and O–H groups in total. The van der Waals surface area contributed by atoms with Crippen LogP contribution in [-0.4, -0.2) is 13.1 Å². The van der Waals surface area contributed by atoms with E-state index in [0.29, 0.717) is 5.03 Å². The van der Waals surface area contributed by atoms with E-state index >= 15 is 0 Å². The molecule has 0 saturated heterocycles. The van der Waals surface area contributed by atoms with Gasteiger partial charge in [-0.3, -0.25) is 0 Å². The standard InChI is InChI=1S/C12H22ClN/c1-10-4-3-5-12(8-10)6-7-14-9-11(2)13/h10,12,14H,2-9H2,1H3. The van der Waals surface area contributed by atoms with Crippen LogP contribution in [0.15, 0.2) is 11.6 Å². The molecule has 1 nitrogen and oxygen atoms in total. The third kappa shape index (κ3) is 5.02. The lowest BCUT2D eigenvalue weighted by molar-refractivity contribution is 0.268. The van der Waals surface area contributed by atoms with Gasteiger partial charge in [-0.2, -0.15) is 0 Å². The summed E-state index contributed by atoms with van der Waals surface area (Å²) in [6.45, 7) is 7.87. The van der Waals surface area contributed by atoms with Crippen molar-refractivity contribution in [2.24, 2.45) is 11.8 Å². The number of hydrogen-bond acceptors (Lipinski definition) is 1. The monoisotopic (exact) mass is 215 g/mol.